The molecule has 0 spiro atoms. The number of nitrogens with one attached hydrogen (secondary N) is 1. The summed E-state index contributed by atoms with van der Waals surface area (Å²) >= 11 is 1.35. The first-order chi connectivity index (χ1) is 17.8. The molecule has 37 heavy (non-hydrogen) atoms. The standard InChI is InChI=1S/C27H31N5O4S/c1-17-5-6-23(35-4)21(13-17)18(2)14-25(33)30-26-22(15-28)20-7-9-32(16-24(20)37-26)27(34)36-12-11-31-10-8-29-19(31)3/h5-6,8,10,13,18H,7,9,11-12,14,16H2,1-4H3,(H,30,33). The van der Waals surface area contributed by atoms with E-state index in [0.717, 1.165) is 33.1 Å². The summed E-state index contributed by atoms with van der Waals surface area (Å²) in [6.45, 7) is 7.48. The topological polar surface area (TPSA) is 109 Å². The molecule has 2 aromatic heterocycles. The number of carbonyl (C=O) groups is 2. The third-order valence-corrected chi connectivity index (χ3v) is 7.70. The third-order valence-electron chi connectivity index (χ3n) is 6.57. The minimum absolute atomic E-state index is 0.0636. The molecule has 1 N–H and O–H groups in total. The number of anilines is 1. The number of nitrogens with zero attached hydrogens (tertiary/aromatic N) is 4. The van der Waals surface area contributed by atoms with Gasteiger partial charge in [0, 0.05) is 30.2 Å². The first-order valence-electron chi connectivity index (χ1n) is 12.2. The van der Waals surface area contributed by atoms with Gasteiger partial charge < -0.3 is 24.3 Å². The summed E-state index contributed by atoms with van der Waals surface area (Å²) in [7, 11) is 1.62. The average Bonchev–Trinajstić information content (AvgIpc) is 3.45. The quantitative estimate of drug-likeness (QED) is 0.457. The summed E-state index contributed by atoms with van der Waals surface area (Å²) < 4.78 is 12.9. The molecule has 3 heterocycles. The van der Waals surface area contributed by atoms with Crippen LogP contribution in [-0.4, -0.2) is 46.7 Å². The highest BCUT2D eigenvalue weighted by molar-refractivity contribution is 7.16. The lowest BCUT2D eigenvalue weighted by Gasteiger charge is -2.26. The van der Waals surface area contributed by atoms with Crippen molar-refractivity contribution in [3.8, 4) is 11.8 Å². The zero-order valence-electron chi connectivity index (χ0n) is 21.5. The van der Waals surface area contributed by atoms with E-state index >= 15 is 0 Å². The van der Waals surface area contributed by atoms with Gasteiger partial charge in [-0.1, -0.05) is 24.6 Å². The highest BCUT2D eigenvalue weighted by atomic mass is 32.1. The van der Waals surface area contributed by atoms with Crippen molar-refractivity contribution >= 4 is 28.3 Å². The van der Waals surface area contributed by atoms with Crippen molar-refractivity contribution < 1.29 is 19.1 Å². The number of thiophene rings is 1. The molecule has 0 radical (unpaired) electrons. The van der Waals surface area contributed by atoms with Crippen LogP contribution in [-0.2, 0) is 29.0 Å². The number of hydrogen-bond donors (Lipinski definition) is 1. The second-order valence-electron chi connectivity index (χ2n) is 9.17. The summed E-state index contributed by atoms with van der Waals surface area (Å²) in [5, 5.41) is 13.3. The van der Waals surface area contributed by atoms with Gasteiger partial charge in [0.05, 0.1) is 25.8 Å². The number of rotatable bonds is 8. The molecular weight excluding hydrogens is 490 g/mol. The van der Waals surface area contributed by atoms with Crippen molar-refractivity contribution in [1.82, 2.24) is 14.5 Å². The van der Waals surface area contributed by atoms with Crippen LogP contribution >= 0.6 is 11.3 Å². The monoisotopic (exact) mass is 521 g/mol. The molecule has 1 unspecified atom stereocenters. The van der Waals surface area contributed by atoms with Crippen LogP contribution in [0.25, 0.3) is 0 Å². The molecule has 2 amide bonds. The zero-order chi connectivity index (χ0) is 26.5. The van der Waals surface area contributed by atoms with Gasteiger partial charge in [0.25, 0.3) is 0 Å². The Morgan fingerprint density at radius 1 is 1.32 bits per heavy atom. The SMILES string of the molecule is COc1ccc(C)cc1C(C)CC(=O)Nc1sc2c(c1C#N)CCN(C(=O)OCCn1ccnc1C)C2. The van der Waals surface area contributed by atoms with Gasteiger partial charge in [-0.25, -0.2) is 9.78 Å². The van der Waals surface area contributed by atoms with Crippen LogP contribution in [0.15, 0.2) is 30.6 Å². The van der Waals surface area contributed by atoms with Gasteiger partial charge in [0.1, 0.15) is 29.3 Å². The summed E-state index contributed by atoms with van der Waals surface area (Å²) in [6.07, 6.45) is 3.96. The van der Waals surface area contributed by atoms with E-state index in [9.17, 15) is 14.9 Å². The van der Waals surface area contributed by atoms with Crippen LogP contribution < -0.4 is 10.1 Å². The van der Waals surface area contributed by atoms with E-state index in [1.165, 1.54) is 11.3 Å². The van der Waals surface area contributed by atoms with E-state index in [1.54, 1.807) is 18.2 Å². The number of imidazole rings is 1. The van der Waals surface area contributed by atoms with Crippen molar-refractivity contribution in [2.24, 2.45) is 0 Å². The number of hydrogen-bond acceptors (Lipinski definition) is 7. The van der Waals surface area contributed by atoms with Crippen molar-refractivity contribution in [3.63, 3.8) is 0 Å². The van der Waals surface area contributed by atoms with Gasteiger partial charge in [-0.2, -0.15) is 5.26 Å². The van der Waals surface area contributed by atoms with E-state index in [1.807, 2.05) is 49.7 Å². The van der Waals surface area contributed by atoms with E-state index in [0.29, 0.717) is 36.6 Å². The Bertz CT molecular complexity index is 1340. The molecule has 4 rings (SSSR count). The number of nitriles is 1. The van der Waals surface area contributed by atoms with Crippen molar-refractivity contribution in [1.29, 1.82) is 5.26 Å². The molecule has 9 nitrogen and oxygen atoms in total. The van der Waals surface area contributed by atoms with Gasteiger partial charge in [-0.15, -0.1) is 11.3 Å². The Hall–Kier alpha value is -3.84. The maximum Gasteiger partial charge on any atom is 0.410 e. The first kappa shape index (κ1) is 26.2. The Balaban J connectivity index is 1.38. The summed E-state index contributed by atoms with van der Waals surface area (Å²) in [5.41, 5.74) is 3.45. The van der Waals surface area contributed by atoms with Crippen molar-refractivity contribution in [2.75, 3.05) is 25.6 Å². The molecule has 0 bridgehead atoms. The second-order valence-corrected chi connectivity index (χ2v) is 10.3. The molecule has 10 heteroatoms. The van der Waals surface area contributed by atoms with E-state index in [4.69, 9.17) is 9.47 Å². The number of ether oxygens (including phenoxy) is 2. The Morgan fingerprint density at radius 2 is 2.14 bits per heavy atom. The number of amides is 2. The summed E-state index contributed by atoms with van der Waals surface area (Å²) in [4.78, 5) is 32.3. The average molecular weight is 522 g/mol. The van der Waals surface area contributed by atoms with Crippen LogP contribution in [0.3, 0.4) is 0 Å². The predicted octanol–water partition coefficient (Wildman–Crippen LogP) is 4.77. The maximum atomic E-state index is 12.9. The van der Waals surface area contributed by atoms with Crippen LogP contribution in [0, 0.1) is 25.2 Å². The number of aryl methyl sites for hydroxylation is 2. The number of aromatic nitrogens is 2. The molecule has 3 aromatic rings. The minimum Gasteiger partial charge on any atom is -0.496 e. The molecule has 194 valence electrons. The van der Waals surface area contributed by atoms with Gasteiger partial charge in [0.15, 0.2) is 0 Å². The molecule has 0 aliphatic carbocycles. The summed E-state index contributed by atoms with van der Waals surface area (Å²) in [6, 6.07) is 8.17. The van der Waals surface area contributed by atoms with Crippen molar-refractivity contribution in [2.45, 2.75) is 52.6 Å². The number of methoxy groups -OCH3 is 1. The molecule has 1 aromatic carbocycles. The second kappa shape index (κ2) is 11.5. The Kier molecular flexibility index (Phi) is 8.14. The van der Waals surface area contributed by atoms with E-state index in [2.05, 4.69) is 16.4 Å². The molecule has 0 fully saturated rings. The zero-order valence-corrected chi connectivity index (χ0v) is 22.4. The van der Waals surface area contributed by atoms with Gasteiger partial charge in [-0.3, -0.25) is 4.79 Å². The van der Waals surface area contributed by atoms with Crippen LogP contribution in [0.2, 0.25) is 0 Å². The number of benzene rings is 1. The van der Waals surface area contributed by atoms with Crippen LogP contribution in [0.5, 0.6) is 5.75 Å². The number of fused-ring (bicyclic) bond motifs is 1. The van der Waals surface area contributed by atoms with Gasteiger partial charge in [-0.05, 0) is 43.4 Å². The van der Waals surface area contributed by atoms with E-state index in [-0.39, 0.29) is 30.9 Å². The first-order valence-corrected chi connectivity index (χ1v) is 13.0. The number of carbonyl (C=O) groups excluding carboxylic acids is 2. The highest BCUT2D eigenvalue weighted by Gasteiger charge is 2.28. The normalized spacial score (nSPS) is 13.4. The van der Waals surface area contributed by atoms with Gasteiger partial charge in [0.2, 0.25) is 5.91 Å². The molecule has 1 aliphatic rings. The summed E-state index contributed by atoms with van der Waals surface area (Å²) in [5.74, 6) is 1.38. The Labute approximate surface area is 220 Å². The maximum absolute atomic E-state index is 12.9. The largest absolute Gasteiger partial charge is 0.496 e. The fraction of sp³-hybridized carbons (Fsp3) is 0.407. The lowest BCUT2D eigenvalue weighted by Crippen LogP contribution is -2.36. The lowest BCUT2D eigenvalue weighted by atomic mass is 9.95. The van der Waals surface area contributed by atoms with Crippen LogP contribution in [0.1, 0.15) is 52.2 Å². The lowest BCUT2D eigenvalue weighted by molar-refractivity contribution is -0.116. The minimum atomic E-state index is -0.387. The fourth-order valence-corrected chi connectivity index (χ4v) is 5.76. The third kappa shape index (κ3) is 5.94. The van der Waals surface area contributed by atoms with Crippen molar-refractivity contribution in [3.05, 3.63) is 63.5 Å². The fourth-order valence-electron chi connectivity index (χ4n) is 4.53. The molecule has 0 saturated heterocycles. The predicted molar refractivity (Wildman–Crippen MR) is 141 cm³/mol. The smallest absolute Gasteiger partial charge is 0.410 e. The van der Waals surface area contributed by atoms with E-state index < -0.39 is 0 Å². The Morgan fingerprint density at radius 3 is 2.84 bits per heavy atom. The molecule has 1 atom stereocenters. The molecular formula is C27H31N5O4S. The molecule has 1 aliphatic heterocycles. The van der Waals surface area contributed by atoms with Crippen LogP contribution in [0.4, 0.5) is 9.80 Å². The van der Waals surface area contributed by atoms with Gasteiger partial charge >= 0.3 is 6.09 Å². The highest BCUT2D eigenvalue weighted by Crippen LogP contribution is 2.37. The molecule has 0 saturated carbocycles.